The molecule has 0 spiro atoms. The molecule has 0 aliphatic rings. The fourth-order valence-corrected chi connectivity index (χ4v) is 17.7. The first-order valence-electron chi connectivity index (χ1n) is 32.1. The van der Waals surface area contributed by atoms with Crippen molar-refractivity contribution in [3.8, 4) is 66.8 Å². The lowest BCUT2D eigenvalue weighted by Gasteiger charge is -2.31. The van der Waals surface area contributed by atoms with Gasteiger partial charge in [-0.05, 0) is 223 Å². The van der Waals surface area contributed by atoms with Crippen molar-refractivity contribution < 1.29 is 0 Å². The predicted octanol–water partition coefficient (Wildman–Crippen LogP) is 25.6. The summed E-state index contributed by atoms with van der Waals surface area (Å²) in [6.07, 6.45) is 4.09. The zero-order chi connectivity index (χ0) is 59.6. The molecule has 0 atom stereocenters. The molecule has 21 aromatic carbocycles. The van der Waals surface area contributed by atoms with E-state index in [0.717, 1.165) is 11.1 Å². The van der Waals surface area contributed by atoms with Crippen molar-refractivity contribution >= 4 is 162 Å². The Bertz CT molecular complexity index is 6510. The first-order valence-corrected chi connectivity index (χ1v) is 32.1. The molecule has 0 saturated heterocycles. The van der Waals surface area contributed by atoms with Gasteiger partial charge in [-0.2, -0.15) is 0 Å². The lowest BCUT2D eigenvalue weighted by Crippen LogP contribution is -2.04. The number of hydrogen-bond acceptors (Lipinski definition) is 1. The van der Waals surface area contributed by atoms with Crippen molar-refractivity contribution in [2.75, 3.05) is 0 Å². The molecule has 1 nitrogen and oxygen atoms in total. The second kappa shape index (κ2) is 17.9. The average Bonchev–Trinajstić information content (AvgIpc) is 0.690. The topological polar surface area (TPSA) is 12.9 Å². The Morgan fingerprint density at radius 3 is 0.565 bits per heavy atom. The summed E-state index contributed by atoms with van der Waals surface area (Å²) in [7, 11) is 0. The molecule has 0 aliphatic carbocycles. The van der Waals surface area contributed by atoms with E-state index in [9.17, 15) is 0 Å². The van der Waals surface area contributed by atoms with Gasteiger partial charge in [-0.3, -0.25) is 4.98 Å². The number of nitrogens with zero attached hydrogens (tertiary/aromatic N) is 1. The first-order chi connectivity index (χ1) is 45.6. The van der Waals surface area contributed by atoms with E-state index in [2.05, 4.69) is 291 Å². The van der Waals surface area contributed by atoms with Gasteiger partial charge < -0.3 is 0 Å². The standard InChI is InChI=1S/C91H49N/c1-7-50-18-23-60-33-43-71(66-38-28-55(12-1)76(50)81(60)66)87-86(65-17-6-48-92-49-65)88(72-44-34-61-24-19-51-8-2-13-56-29-39-67(72)82(61)77(51)56)90(74-46-36-63-26-21-53-10-4-15-58-31-41-69(74)84(63)79(53)58)91(75-47-37-64-27-22-54-11-5-16-59-32-42-70(75)85(64)80(54)59)89(87)73-45-35-62-25-20-52-9-3-14-57-30-40-68(73)83(62)78(52)57/h1-49H. The molecule has 0 aliphatic heterocycles. The summed E-state index contributed by atoms with van der Waals surface area (Å²) in [5, 5.41) is 37.5. The molecule has 1 heteroatoms. The molecule has 22 aromatic rings. The minimum atomic E-state index is 1.05. The van der Waals surface area contributed by atoms with Crippen LogP contribution in [0.5, 0.6) is 0 Å². The third-order valence-corrected chi connectivity index (χ3v) is 21.4. The van der Waals surface area contributed by atoms with Gasteiger partial charge in [-0.15, -0.1) is 0 Å². The minimum absolute atomic E-state index is 1.05. The Kier molecular flexibility index (Phi) is 9.49. The highest BCUT2D eigenvalue weighted by Gasteiger charge is 2.34. The van der Waals surface area contributed by atoms with Gasteiger partial charge in [0, 0.05) is 23.5 Å². The van der Waals surface area contributed by atoms with E-state index in [1.807, 2.05) is 6.20 Å². The number of hydrogen-bond donors (Lipinski definition) is 0. The summed E-state index contributed by atoms with van der Waals surface area (Å²) >= 11 is 0. The maximum Gasteiger partial charge on any atom is 0.0346 e. The van der Waals surface area contributed by atoms with Gasteiger partial charge >= 0.3 is 0 Å². The van der Waals surface area contributed by atoms with Gasteiger partial charge in [0.15, 0.2) is 0 Å². The Hall–Kier alpha value is -12.0. The van der Waals surface area contributed by atoms with Crippen LogP contribution in [0.3, 0.4) is 0 Å². The van der Waals surface area contributed by atoms with Crippen LogP contribution in [0.25, 0.3) is 228 Å². The van der Waals surface area contributed by atoms with E-state index in [4.69, 9.17) is 4.98 Å². The fourth-order valence-electron chi connectivity index (χ4n) is 17.7. The Morgan fingerprint density at radius 1 is 0.152 bits per heavy atom. The first kappa shape index (κ1) is 48.9. The molecule has 1 heterocycles. The van der Waals surface area contributed by atoms with Gasteiger partial charge in [-0.1, -0.05) is 279 Å². The highest BCUT2D eigenvalue weighted by Crippen LogP contribution is 2.62. The lowest BCUT2D eigenvalue weighted by molar-refractivity contribution is 1.33. The van der Waals surface area contributed by atoms with Gasteiger partial charge in [0.2, 0.25) is 0 Å². The third kappa shape index (κ3) is 6.39. The highest BCUT2D eigenvalue weighted by molar-refractivity contribution is 6.36. The Morgan fingerprint density at radius 2 is 0.348 bits per heavy atom. The van der Waals surface area contributed by atoms with Crippen molar-refractivity contribution in [1.29, 1.82) is 0 Å². The summed E-state index contributed by atoms with van der Waals surface area (Å²) < 4.78 is 0. The number of rotatable bonds is 6. The van der Waals surface area contributed by atoms with Crippen LogP contribution in [0.2, 0.25) is 0 Å². The zero-order valence-corrected chi connectivity index (χ0v) is 49.7. The smallest absolute Gasteiger partial charge is 0.0346 e. The van der Waals surface area contributed by atoms with E-state index >= 15 is 0 Å². The molecule has 0 saturated carbocycles. The van der Waals surface area contributed by atoms with Crippen LogP contribution in [-0.2, 0) is 0 Å². The molecule has 0 bridgehead atoms. The van der Waals surface area contributed by atoms with Crippen LogP contribution in [0, 0.1) is 0 Å². The molecule has 0 amide bonds. The summed E-state index contributed by atoms with van der Waals surface area (Å²) in [6.45, 7) is 0. The monoisotopic (exact) mass is 1160 g/mol. The molecular formula is C91H49N. The molecule has 1 aromatic heterocycles. The second-order valence-corrected chi connectivity index (χ2v) is 25.8. The van der Waals surface area contributed by atoms with Crippen LogP contribution in [0.15, 0.2) is 298 Å². The van der Waals surface area contributed by atoms with E-state index in [0.29, 0.717) is 0 Å². The summed E-state index contributed by atoms with van der Waals surface area (Å²) in [5.74, 6) is 0. The molecule has 0 N–H and O–H groups in total. The van der Waals surface area contributed by atoms with Crippen molar-refractivity contribution in [3.63, 3.8) is 0 Å². The predicted molar refractivity (Wildman–Crippen MR) is 395 cm³/mol. The van der Waals surface area contributed by atoms with E-state index in [-0.39, 0.29) is 0 Å². The lowest BCUT2D eigenvalue weighted by atomic mass is 9.71. The fraction of sp³-hybridized carbons (Fsp3) is 0. The molecule has 0 radical (unpaired) electrons. The molecule has 92 heavy (non-hydrogen) atoms. The maximum absolute atomic E-state index is 5.17. The number of aromatic nitrogens is 1. The van der Waals surface area contributed by atoms with E-state index in [1.54, 1.807) is 0 Å². The van der Waals surface area contributed by atoms with Gasteiger partial charge in [-0.25, -0.2) is 0 Å². The van der Waals surface area contributed by atoms with Gasteiger partial charge in [0.05, 0.1) is 0 Å². The Labute approximate surface area is 527 Å². The molecule has 0 fully saturated rings. The normalized spacial score (nSPS) is 12.6. The van der Waals surface area contributed by atoms with Crippen molar-refractivity contribution in [2.45, 2.75) is 0 Å². The van der Waals surface area contributed by atoms with Crippen LogP contribution >= 0.6 is 0 Å². The quantitative estimate of drug-likeness (QED) is 0.151. The number of pyridine rings is 1. The van der Waals surface area contributed by atoms with Gasteiger partial charge in [0.25, 0.3) is 0 Å². The van der Waals surface area contributed by atoms with Crippen molar-refractivity contribution in [1.82, 2.24) is 4.98 Å². The molecular weight excluding hydrogens is 1110 g/mol. The maximum atomic E-state index is 5.17. The van der Waals surface area contributed by atoms with Crippen LogP contribution in [0.1, 0.15) is 0 Å². The molecule has 418 valence electrons. The second-order valence-electron chi connectivity index (χ2n) is 25.8. The SMILES string of the molecule is c1cncc(-c2c(-c3ccc4ccc5cccc6ccc3c4c56)c(-c3ccc4ccc5cccc6ccc3c4c56)c(-c3ccc4ccc5cccc6ccc3c4c56)c(-c3ccc4ccc5cccc6ccc3c4c56)c2-c2ccc3ccc4cccc5ccc2c3c45)c1. The van der Waals surface area contributed by atoms with Crippen LogP contribution < -0.4 is 0 Å². The van der Waals surface area contributed by atoms with Crippen molar-refractivity contribution in [2.24, 2.45) is 0 Å². The number of benzene rings is 21. The largest absolute Gasteiger partial charge is 0.264 e. The van der Waals surface area contributed by atoms with Crippen LogP contribution in [-0.4, -0.2) is 4.98 Å². The van der Waals surface area contributed by atoms with E-state index in [1.165, 1.54) is 217 Å². The molecule has 0 unspecified atom stereocenters. The Balaban J connectivity index is 1.07. The molecule has 22 rings (SSSR count). The summed E-state index contributed by atoms with van der Waals surface area (Å²) in [4.78, 5) is 5.17. The van der Waals surface area contributed by atoms with Crippen LogP contribution in [0.4, 0.5) is 0 Å². The van der Waals surface area contributed by atoms with Crippen molar-refractivity contribution in [3.05, 3.63) is 298 Å². The third-order valence-electron chi connectivity index (χ3n) is 21.4. The van der Waals surface area contributed by atoms with Gasteiger partial charge in [0.1, 0.15) is 0 Å². The highest BCUT2D eigenvalue weighted by atomic mass is 14.6. The average molecular weight is 1160 g/mol. The zero-order valence-electron chi connectivity index (χ0n) is 49.7. The van der Waals surface area contributed by atoms with E-state index < -0.39 is 0 Å². The summed E-state index contributed by atoms with van der Waals surface area (Å²) in [5.41, 5.74) is 14.0. The summed E-state index contributed by atoms with van der Waals surface area (Å²) in [6, 6.07) is 110. The minimum Gasteiger partial charge on any atom is -0.264 e.